The second-order valence-corrected chi connectivity index (χ2v) is 7.06. The molecule has 0 saturated carbocycles. The topological polar surface area (TPSA) is 55.4 Å². The fourth-order valence-electron chi connectivity index (χ4n) is 2.71. The van der Waals surface area contributed by atoms with Crippen LogP contribution in [0.25, 0.3) is 0 Å². The Morgan fingerprint density at radius 2 is 2.00 bits per heavy atom. The SMILES string of the molecule is C=CCC(NC(=O)c1ccc(Sc2c(C)cccc2C)o1)c1ccoc1. The van der Waals surface area contributed by atoms with Gasteiger partial charge in [0.05, 0.1) is 18.6 Å². The van der Waals surface area contributed by atoms with Crippen molar-refractivity contribution in [1.82, 2.24) is 5.32 Å². The summed E-state index contributed by atoms with van der Waals surface area (Å²) < 4.78 is 10.9. The van der Waals surface area contributed by atoms with Crippen LogP contribution in [-0.2, 0) is 0 Å². The number of furan rings is 2. The van der Waals surface area contributed by atoms with Gasteiger partial charge in [0.1, 0.15) is 0 Å². The van der Waals surface area contributed by atoms with Crippen LogP contribution in [-0.4, -0.2) is 5.91 Å². The molecular weight excluding hydrogens is 346 g/mol. The van der Waals surface area contributed by atoms with Gasteiger partial charge < -0.3 is 14.2 Å². The maximum absolute atomic E-state index is 12.5. The van der Waals surface area contributed by atoms with Crippen molar-refractivity contribution in [3.8, 4) is 0 Å². The maximum atomic E-state index is 12.5. The number of carbonyl (C=O) groups is 1. The van der Waals surface area contributed by atoms with Gasteiger partial charge in [0, 0.05) is 10.5 Å². The van der Waals surface area contributed by atoms with Crippen molar-refractivity contribution < 1.29 is 13.6 Å². The molecule has 0 aliphatic heterocycles. The van der Waals surface area contributed by atoms with Crippen LogP contribution >= 0.6 is 11.8 Å². The van der Waals surface area contributed by atoms with Crippen LogP contribution in [0.3, 0.4) is 0 Å². The number of carbonyl (C=O) groups excluding carboxylic acids is 1. The van der Waals surface area contributed by atoms with Gasteiger partial charge in [-0.15, -0.1) is 6.58 Å². The molecule has 1 amide bonds. The van der Waals surface area contributed by atoms with Gasteiger partial charge in [-0.1, -0.05) is 36.0 Å². The highest BCUT2D eigenvalue weighted by atomic mass is 32.2. The molecule has 4 nitrogen and oxygen atoms in total. The normalized spacial score (nSPS) is 11.9. The van der Waals surface area contributed by atoms with Crippen molar-refractivity contribution in [3.63, 3.8) is 0 Å². The van der Waals surface area contributed by atoms with Crippen LogP contribution in [0.1, 0.15) is 39.7 Å². The summed E-state index contributed by atoms with van der Waals surface area (Å²) in [5.74, 6) is 0.0303. The van der Waals surface area contributed by atoms with Crippen molar-refractivity contribution in [2.24, 2.45) is 0 Å². The molecule has 2 heterocycles. The summed E-state index contributed by atoms with van der Waals surface area (Å²) in [5, 5.41) is 3.65. The lowest BCUT2D eigenvalue weighted by Gasteiger charge is -2.14. The van der Waals surface area contributed by atoms with E-state index in [0.29, 0.717) is 11.5 Å². The predicted octanol–water partition coefficient (Wildman–Crippen LogP) is 5.69. The van der Waals surface area contributed by atoms with Crippen molar-refractivity contribution >= 4 is 17.7 Å². The lowest BCUT2D eigenvalue weighted by molar-refractivity contribution is 0.0903. The molecule has 0 spiro atoms. The molecule has 1 atom stereocenters. The molecular formula is C21H21NO3S. The molecule has 0 saturated heterocycles. The quantitative estimate of drug-likeness (QED) is 0.545. The zero-order valence-corrected chi connectivity index (χ0v) is 15.6. The van der Waals surface area contributed by atoms with E-state index in [4.69, 9.17) is 8.83 Å². The second kappa shape index (κ2) is 8.15. The molecule has 0 bridgehead atoms. The summed E-state index contributed by atoms with van der Waals surface area (Å²) in [5.41, 5.74) is 3.27. The van der Waals surface area contributed by atoms with Crippen LogP contribution in [0.2, 0.25) is 0 Å². The van der Waals surface area contributed by atoms with E-state index < -0.39 is 0 Å². The van der Waals surface area contributed by atoms with Crippen molar-refractivity contribution in [2.75, 3.05) is 0 Å². The van der Waals surface area contributed by atoms with E-state index in [1.165, 1.54) is 22.9 Å². The number of hydrogen-bond donors (Lipinski definition) is 1. The van der Waals surface area contributed by atoms with E-state index in [9.17, 15) is 4.79 Å². The van der Waals surface area contributed by atoms with Crippen LogP contribution < -0.4 is 5.32 Å². The van der Waals surface area contributed by atoms with E-state index in [1.807, 2.05) is 18.2 Å². The number of hydrogen-bond acceptors (Lipinski definition) is 4. The third-order valence-corrected chi connectivity index (χ3v) is 5.34. The Morgan fingerprint density at radius 1 is 1.23 bits per heavy atom. The highest BCUT2D eigenvalue weighted by molar-refractivity contribution is 7.99. The zero-order valence-electron chi connectivity index (χ0n) is 14.8. The molecule has 1 unspecified atom stereocenters. The molecule has 5 heteroatoms. The molecule has 0 fully saturated rings. The predicted molar refractivity (Wildman–Crippen MR) is 102 cm³/mol. The third-order valence-electron chi connectivity index (χ3n) is 4.07. The van der Waals surface area contributed by atoms with Crippen LogP contribution in [0.15, 0.2) is 80.4 Å². The molecule has 0 aliphatic rings. The van der Waals surface area contributed by atoms with Crippen LogP contribution in [0, 0.1) is 13.8 Å². The van der Waals surface area contributed by atoms with E-state index in [0.717, 1.165) is 10.5 Å². The van der Waals surface area contributed by atoms with Gasteiger partial charge in [0.2, 0.25) is 0 Å². The van der Waals surface area contributed by atoms with Gasteiger partial charge in [0.25, 0.3) is 5.91 Å². The summed E-state index contributed by atoms with van der Waals surface area (Å²) in [4.78, 5) is 13.7. The van der Waals surface area contributed by atoms with Crippen molar-refractivity contribution in [1.29, 1.82) is 0 Å². The van der Waals surface area contributed by atoms with Gasteiger partial charge in [-0.2, -0.15) is 0 Å². The average Bonchev–Trinajstić information content (AvgIpc) is 3.30. The minimum atomic E-state index is -0.258. The molecule has 3 rings (SSSR count). The molecule has 1 aromatic carbocycles. The monoisotopic (exact) mass is 367 g/mol. The Morgan fingerprint density at radius 3 is 2.65 bits per heavy atom. The number of aryl methyl sites for hydroxylation is 2. The molecule has 1 N–H and O–H groups in total. The highest BCUT2D eigenvalue weighted by Gasteiger charge is 2.19. The largest absolute Gasteiger partial charge is 0.472 e. The van der Waals surface area contributed by atoms with Crippen molar-refractivity contribution in [3.05, 3.63) is 84.0 Å². The third kappa shape index (κ3) is 4.11. The first-order chi connectivity index (χ1) is 12.6. The number of nitrogens with one attached hydrogen (secondary N) is 1. The Hall–Kier alpha value is -2.66. The first-order valence-electron chi connectivity index (χ1n) is 8.36. The standard InChI is InChI=1S/C21H21NO3S/c1-4-6-17(16-11-12-24-13-16)22-21(23)18-9-10-19(25-18)26-20-14(2)7-5-8-15(20)3/h4-5,7-13,17H,1,6H2,2-3H3,(H,22,23). The van der Waals surface area contributed by atoms with Gasteiger partial charge in [-0.05, 0) is 49.6 Å². The summed E-state index contributed by atoms with van der Waals surface area (Å²) in [7, 11) is 0. The number of rotatable bonds is 7. The van der Waals surface area contributed by atoms with Crippen LogP contribution in [0.5, 0.6) is 0 Å². The molecule has 2 aromatic heterocycles. The fraction of sp³-hybridized carbons (Fsp3) is 0.190. The van der Waals surface area contributed by atoms with Crippen LogP contribution in [0.4, 0.5) is 0 Å². The Bertz CT molecular complexity index is 876. The van der Waals surface area contributed by atoms with E-state index in [1.54, 1.807) is 24.7 Å². The first-order valence-corrected chi connectivity index (χ1v) is 9.18. The lowest BCUT2D eigenvalue weighted by Crippen LogP contribution is -2.27. The van der Waals surface area contributed by atoms with E-state index >= 15 is 0 Å². The Kier molecular flexibility index (Phi) is 5.68. The molecule has 26 heavy (non-hydrogen) atoms. The lowest BCUT2D eigenvalue weighted by atomic mass is 10.1. The number of benzene rings is 1. The Balaban J connectivity index is 1.72. The molecule has 0 aliphatic carbocycles. The zero-order chi connectivity index (χ0) is 18.5. The molecule has 134 valence electrons. The van der Waals surface area contributed by atoms with Gasteiger partial charge >= 0.3 is 0 Å². The van der Waals surface area contributed by atoms with E-state index in [-0.39, 0.29) is 17.7 Å². The summed E-state index contributed by atoms with van der Waals surface area (Å²) in [6, 6.07) is 11.3. The summed E-state index contributed by atoms with van der Waals surface area (Å²) in [6.45, 7) is 7.88. The van der Waals surface area contributed by atoms with Gasteiger partial charge in [0.15, 0.2) is 10.9 Å². The minimum absolute atomic E-state index is 0.196. The first kappa shape index (κ1) is 18.1. The van der Waals surface area contributed by atoms with Crippen molar-refractivity contribution in [2.45, 2.75) is 36.3 Å². The highest BCUT2D eigenvalue weighted by Crippen LogP contribution is 2.34. The smallest absolute Gasteiger partial charge is 0.287 e. The second-order valence-electron chi connectivity index (χ2n) is 6.05. The maximum Gasteiger partial charge on any atom is 0.287 e. The molecule has 3 aromatic rings. The summed E-state index contributed by atoms with van der Waals surface area (Å²) in [6.07, 6.45) is 5.58. The average molecular weight is 367 g/mol. The number of amides is 1. The Labute approximate surface area is 157 Å². The fourth-order valence-corrected chi connectivity index (χ4v) is 3.63. The van der Waals surface area contributed by atoms with Gasteiger partial charge in [-0.25, -0.2) is 0 Å². The molecule has 0 radical (unpaired) electrons. The minimum Gasteiger partial charge on any atom is -0.472 e. The summed E-state index contributed by atoms with van der Waals surface area (Å²) >= 11 is 1.53. The van der Waals surface area contributed by atoms with E-state index in [2.05, 4.69) is 37.9 Å². The van der Waals surface area contributed by atoms with Gasteiger partial charge in [-0.3, -0.25) is 4.79 Å².